The summed E-state index contributed by atoms with van der Waals surface area (Å²) in [5.41, 5.74) is 2.68. The van der Waals surface area contributed by atoms with Crippen LogP contribution in [0, 0.1) is 23.7 Å². The Bertz CT molecular complexity index is 708. The first-order valence-corrected chi connectivity index (χ1v) is 8.37. The molecule has 2 aliphatic carbocycles. The summed E-state index contributed by atoms with van der Waals surface area (Å²) in [6, 6.07) is 4.41. The standard InChI is InChI=1S/C16H14Cl2N2O3/c17-10-4-3-9(6-11(10)18)14(21)19-20-15(22)12-7-1-2-8(5-7)13(12)16(20)23/h3-4,6-8,12-13H,1-2,5H2,(H,19,21)/t7-,8-,12-,13-/m0/s1. The van der Waals surface area contributed by atoms with Gasteiger partial charge in [-0.3, -0.25) is 19.8 Å². The van der Waals surface area contributed by atoms with E-state index in [9.17, 15) is 14.4 Å². The Hall–Kier alpha value is -1.59. The largest absolute Gasteiger partial charge is 0.272 e. The number of hydrogen-bond donors (Lipinski definition) is 1. The van der Waals surface area contributed by atoms with Crippen LogP contribution in [0.3, 0.4) is 0 Å². The molecule has 3 fully saturated rings. The fourth-order valence-corrected chi connectivity index (χ4v) is 4.62. The van der Waals surface area contributed by atoms with Gasteiger partial charge in [0.1, 0.15) is 0 Å². The summed E-state index contributed by atoms with van der Waals surface area (Å²) < 4.78 is 0. The third-order valence-corrected chi connectivity index (χ3v) is 6.06. The van der Waals surface area contributed by atoms with Crippen LogP contribution in [0.5, 0.6) is 0 Å². The molecule has 2 saturated carbocycles. The monoisotopic (exact) mass is 352 g/mol. The molecule has 0 radical (unpaired) electrons. The molecule has 0 unspecified atom stereocenters. The molecule has 120 valence electrons. The number of hydrogen-bond acceptors (Lipinski definition) is 3. The number of nitrogens with zero attached hydrogens (tertiary/aromatic N) is 1. The van der Waals surface area contributed by atoms with Crippen LogP contribution in [0.4, 0.5) is 0 Å². The molecule has 0 aromatic heterocycles. The molecular formula is C16H14Cl2N2O3. The van der Waals surface area contributed by atoms with Gasteiger partial charge < -0.3 is 0 Å². The van der Waals surface area contributed by atoms with Gasteiger partial charge >= 0.3 is 0 Å². The average molecular weight is 353 g/mol. The predicted molar refractivity (Wildman–Crippen MR) is 83.6 cm³/mol. The first-order chi connectivity index (χ1) is 11.0. The van der Waals surface area contributed by atoms with Crippen LogP contribution in [0.1, 0.15) is 29.6 Å². The van der Waals surface area contributed by atoms with E-state index >= 15 is 0 Å². The third kappa shape index (κ3) is 2.17. The number of hydrazine groups is 1. The maximum absolute atomic E-state index is 12.5. The second-order valence-electron chi connectivity index (χ2n) is 6.47. The summed E-state index contributed by atoms with van der Waals surface area (Å²) in [7, 11) is 0. The number of benzene rings is 1. The minimum atomic E-state index is -0.544. The Morgan fingerprint density at radius 1 is 1.04 bits per heavy atom. The highest BCUT2D eigenvalue weighted by atomic mass is 35.5. The normalized spacial score (nSPS) is 31.7. The summed E-state index contributed by atoms with van der Waals surface area (Å²) in [6.45, 7) is 0. The van der Waals surface area contributed by atoms with Gasteiger partial charge in [0.05, 0.1) is 21.9 Å². The number of carbonyl (C=O) groups excluding carboxylic acids is 3. The highest BCUT2D eigenvalue weighted by Crippen LogP contribution is 2.55. The number of fused-ring (bicyclic) bond motifs is 5. The van der Waals surface area contributed by atoms with Gasteiger partial charge in [-0.15, -0.1) is 0 Å². The van der Waals surface area contributed by atoms with Crippen molar-refractivity contribution in [2.45, 2.75) is 19.3 Å². The molecule has 2 bridgehead atoms. The van der Waals surface area contributed by atoms with Gasteiger partial charge in [0.25, 0.3) is 17.7 Å². The van der Waals surface area contributed by atoms with Crippen LogP contribution in [0.15, 0.2) is 18.2 Å². The number of halogens is 2. The van der Waals surface area contributed by atoms with Gasteiger partial charge in [-0.05, 0) is 49.3 Å². The Balaban J connectivity index is 1.55. The van der Waals surface area contributed by atoms with Crippen LogP contribution < -0.4 is 5.43 Å². The molecule has 3 aliphatic rings. The van der Waals surface area contributed by atoms with E-state index in [-0.39, 0.29) is 46.1 Å². The molecule has 3 amide bonds. The zero-order valence-electron chi connectivity index (χ0n) is 12.1. The molecule has 1 aromatic rings. The molecule has 1 aliphatic heterocycles. The molecule has 4 atom stereocenters. The van der Waals surface area contributed by atoms with Crippen molar-refractivity contribution < 1.29 is 14.4 Å². The van der Waals surface area contributed by atoms with Crippen molar-refractivity contribution in [1.82, 2.24) is 10.4 Å². The summed E-state index contributed by atoms with van der Waals surface area (Å²) >= 11 is 11.7. The lowest BCUT2D eigenvalue weighted by Crippen LogP contribution is -2.47. The lowest BCUT2D eigenvalue weighted by atomic mass is 9.81. The van der Waals surface area contributed by atoms with Crippen LogP contribution in [-0.2, 0) is 9.59 Å². The maximum Gasteiger partial charge on any atom is 0.270 e. The van der Waals surface area contributed by atoms with E-state index in [1.165, 1.54) is 18.2 Å². The van der Waals surface area contributed by atoms with E-state index in [2.05, 4.69) is 5.43 Å². The van der Waals surface area contributed by atoms with Crippen molar-refractivity contribution in [1.29, 1.82) is 0 Å². The van der Waals surface area contributed by atoms with Gasteiger partial charge in [-0.25, -0.2) is 0 Å². The molecule has 1 heterocycles. The van der Waals surface area contributed by atoms with Gasteiger partial charge in [0.15, 0.2) is 0 Å². The van der Waals surface area contributed by atoms with E-state index < -0.39 is 5.91 Å². The molecule has 23 heavy (non-hydrogen) atoms. The van der Waals surface area contributed by atoms with Crippen LogP contribution in [0.2, 0.25) is 10.0 Å². The van der Waals surface area contributed by atoms with E-state index in [4.69, 9.17) is 23.2 Å². The summed E-state index contributed by atoms with van der Waals surface area (Å²) in [5, 5.41) is 1.49. The number of imide groups is 1. The third-order valence-electron chi connectivity index (χ3n) is 5.32. The smallest absolute Gasteiger partial charge is 0.270 e. The molecule has 1 saturated heterocycles. The van der Waals surface area contributed by atoms with E-state index in [0.29, 0.717) is 5.02 Å². The molecule has 4 rings (SSSR count). The highest BCUT2D eigenvalue weighted by molar-refractivity contribution is 6.42. The summed E-state index contributed by atoms with van der Waals surface area (Å²) in [5.74, 6) is -1.04. The molecule has 5 nitrogen and oxygen atoms in total. The van der Waals surface area contributed by atoms with E-state index in [1.807, 2.05) is 0 Å². The van der Waals surface area contributed by atoms with Crippen molar-refractivity contribution >= 4 is 40.9 Å². The average Bonchev–Trinajstić information content (AvgIpc) is 3.19. The van der Waals surface area contributed by atoms with Crippen LogP contribution in [-0.4, -0.2) is 22.7 Å². The second kappa shape index (κ2) is 5.21. The predicted octanol–water partition coefficient (Wildman–Crippen LogP) is 2.67. The fourth-order valence-electron chi connectivity index (χ4n) is 4.32. The topological polar surface area (TPSA) is 66.5 Å². The lowest BCUT2D eigenvalue weighted by Gasteiger charge is -2.19. The highest BCUT2D eigenvalue weighted by Gasteiger charge is 2.61. The van der Waals surface area contributed by atoms with Gasteiger partial charge in [0.2, 0.25) is 0 Å². The Morgan fingerprint density at radius 2 is 1.65 bits per heavy atom. The number of nitrogens with one attached hydrogen (secondary N) is 1. The summed E-state index contributed by atoms with van der Waals surface area (Å²) in [6.07, 6.45) is 2.96. The zero-order valence-corrected chi connectivity index (χ0v) is 13.6. The van der Waals surface area contributed by atoms with Gasteiger partial charge in [-0.1, -0.05) is 23.2 Å². The number of amides is 3. The second-order valence-corrected chi connectivity index (χ2v) is 7.28. The van der Waals surface area contributed by atoms with Crippen LogP contribution >= 0.6 is 23.2 Å². The van der Waals surface area contributed by atoms with Gasteiger partial charge in [-0.2, -0.15) is 5.01 Å². The van der Waals surface area contributed by atoms with Gasteiger partial charge in [0, 0.05) is 5.56 Å². The molecule has 1 aromatic carbocycles. The van der Waals surface area contributed by atoms with Crippen molar-refractivity contribution in [3.05, 3.63) is 33.8 Å². The fraction of sp³-hybridized carbons (Fsp3) is 0.438. The summed E-state index contributed by atoms with van der Waals surface area (Å²) in [4.78, 5) is 37.3. The minimum Gasteiger partial charge on any atom is -0.272 e. The molecular weight excluding hydrogens is 339 g/mol. The SMILES string of the molecule is O=C(NN1C(=O)[C@H]2[C@H]3CC[C@@H](C3)[C@@H]2C1=O)c1ccc(Cl)c(Cl)c1. The van der Waals surface area contributed by atoms with Crippen molar-refractivity contribution in [3.63, 3.8) is 0 Å². The zero-order chi connectivity index (χ0) is 16.3. The first kappa shape index (κ1) is 15.0. The Labute approximate surface area is 142 Å². The van der Waals surface area contributed by atoms with Crippen molar-refractivity contribution in [2.24, 2.45) is 23.7 Å². The molecule has 1 N–H and O–H groups in total. The van der Waals surface area contributed by atoms with E-state index in [1.54, 1.807) is 0 Å². The minimum absolute atomic E-state index is 0.244. The van der Waals surface area contributed by atoms with Crippen LogP contribution in [0.25, 0.3) is 0 Å². The lowest BCUT2D eigenvalue weighted by molar-refractivity contribution is -0.143. The molecule has 7 heteroatoms. The quantitative estimate of drug-likeness (QED) is 0.832. The van der Waals surface area contributed by atoms with Crippen molar-refractivity contribution in [2.75, 3.05) is 0 Å². The number of carbonyl (C=O) groups is 3. The Morgan fingerprint density at radius 3 is 2.22 bits per heavy atom. The number of rotatable bonds is 2. The van der Waals surface area contributed by atoms with E-state index in [0.717, 1.165) is 24.3 Å². The maximum atomic E-state index is 12.5. The molecule has 0 spiro atoms. The Kier molecular flexibility index (Phi) is 3.39. The van der Waals surface area contributed by atoms with Crippen molar-refractivity contribution in [3.8, 4) is 0 Å². The first-order valence-electron chi connectivity index (χ1n) is 7.61.